The van der Waals surface area contributed by atoms with E-state index in [1.165, 1.54) is 5.56 Å². The fourth-order valence-electron chi connectivity index (χ4n) is 3.90. The summed E-state index contributed by atoms with van der Waals surface area (Å²) in [5.74, 6) is 0.790. The van der Waals surface area contributed by atoms with Gasteiger partial charge in [0, 0.05) is 24.0 Å². The van der Waals surface area contributed by atoms with Gasteiger partial charge in [0.1, 0.15) is 17.3 Å². The molecule has 0 amide bonds. The number of pyridine rings is 1. The minimum absolute atomic E-state index is 0.283. The maximum absolute atomic E-state index is 9.97. The van der Waals surface area contributed by atoms with Crippen molar-refractivity contribution in [1.82, 2.24) is 0 Å². The fourth-order valence-corrected chi connectivity index (χ4v) is 3.90. The summed E-state index contributed by atoms with van der Waals surface area (Å²) < 4.78 is 6.08. The van der Waals surface area contributed by atoms with Gasteiger partial charge in [-0.1, -0.05) is 60.7 Å². The molecule has 4 rings (SSSR count). The molecule has 4 nitrogen and oxygen atoms in total. The molecule has 0 spiro atoms. The summed E-state index contributed by atoms with van der Waals surface area (Å²) in [5.41, 5.74) is 5.98. The van der Waals surface area contributed by atoms with Gasteiger partial charge in [0.05, 0.1) is 18.8 Å². The Morgan fingerprint density at radius 3 is 2.41 bits per heavy atom. The second kappa shape index (κ2) is 8.06. The SMILES string of the molecule is CC1(C)Cc2c(C#N)c(NCCc3ccccc3)[nH+]c(-c3ccccc3)c2CO1. The van der Waals surface area contributed by atoms with Crippen LogP contribution in [0, 0.1) is 11.3 Å². The molecule has 0 saturated carbocycles. The summed E-state index contributed by atoms with van der Waals surface area (Å²) in [4.78, 5) is 3.51. The first-order chi connectivity index (χ1) is 14.1. The second-order valence-electron chi connectivity index (χ2n) is 8.07. The number of hydrogen-bond acceptors (Lipinski definition) is 3. The van der Waals surface area contributed by atoms with E-state index in [4.69, 9.17) is 4.74 Å². The van der Waals surface area contributed by atoms with Crippen LogP contribution in [-0.2, 0) is 24.2 Å². The lowest BCUT2D eigenvalue weighted by atomic mass is 9.87. The van der Waals surface area contributed by atoms with Crippen LogP contribution in [0.5, 0.6) is 0 Å². The lowest BCUT2D eigenvalue weighted by molar-refractivity contribution is -0.349. The first kappa shape index (κ1) is 19.2. The zero-order chi connectivity index (χ0) is 20.3. The number of H-pyrrole nitrogens is 1. The highest BCUT2D eigenvalue weighted by molar-refractivity contribution is 5.67. The van der Waals surface area contributed by atoms with Gasteiger partial charge in [0.25, 0.3) is 5.82 Å². The van der Waals surface area contributed by atoms with Crippen LogP contribution in [-0.4, -0.2) is 12.1 Å². The molecule has 4 heteroatoms. The summed E-state index contributed by atoms with van der Waals surface area (Å²) in [6.45, 7) is 5.42. The van der Waals surface area contributed by atoms with Crippen LogP contribution in [0.3, 0.4) is 0 Å². The summed E-state index contributed by atoms with van der Waals surface area (Å²) >= 11 is 0. The first-order valence-corrected chi connectivity index (χ1v) is 10.1. The monoisotopic (exact) mass is 384 g/mol. The van der Waals surface area contributed by atoms with Crippen molar-refractivity contribution >= 4 is 5.82 Å². The molecule has 0 fully saturated rings. The van der Waals surface area contributed by atoms with Gasteiger partial charge >= 0.3 is 0 Å². The molecule has 0 atom stereocenters. The standard InChI is InChI=1S/C25H25N3O/c1-25(2)15-20-21(16-26)24(27-14-13-18-9-5-3-6-10-18)28-23(22(20)17-29-25)19-11-7-4-8-12-19/h3-12H,13-15,17H2,1-2H3,(H,27,28)/p+1. The normalized spacial score (nSPS) is 14.7. The zero-order valence-electron chi connectivity index (χ0n) is 17.0. The Bertz CT molecular complexity index is 1040. The van der Waals surface area contributed by atoms with Crippen LogP contribution in [0.2, 0.25) is 0 Å². The second-order valence-corrected chi connectivity index (χ2v) is 8.07. The van der Waals surface area contributed by atoms with Crippen molar-refractivity contribution in [2.24, 2.45) is 0 Å². The van der Waals surface area contributed by atoms with Crippen molar-refractivity contribution in [1.29, 1.82) is 5.26 Å². The van der Waals surface area contributed by atoms with Gasteiger partial charge in [-0.2, -0.15) is 5.26 Å². The minimum Gasteiger partial charge on any atom is -0.370 e. The van der Waals surface area contributed by atoms with E-state index in [1.807, 2.05) is 24.3 Å². The van der Waals surface area contributed by atoms with Gasteiger partial charge < -0.3 is 4.74 Å². The highest BCUT2D eigenvalue weighted by atomic mass is 16.5. The van der Waals surface area contributed by atoms with E-state index in [0.29, 0.717) is 18.6 Å². The maximum atomic E-state index is 9.97. The molecule has 2 N–H and O–H groups in total. The molecule has 0 unspecified atom stereocenters. The number of nitrogens with one attached hydrogen (secondary N) is 2. The average Bonchev–Trinajstić information content (AvgIpc) is 2.74. The predicted octanol–water partition coefficient (Wildman–Crippen LogP) is 4.55. The predicted molar refractivity (Wildman–Crippen MR) is 114 cm³/mol. The van der Waals surface area contributed by atoms with E-state index in [-0.39, 0.29) is 5.60 Å². The Kier molecular flexibility index (Phi) is 5.33. The molecule has 1 aliphatic rings. The van der Waals surface area contributed by atoms with Crippen LogP contribution >= 0.6 is 0 Å². The molecular weight excluding hydrogens is 358 g/mol. The third-order valence-corrected chi connectivity index (χ3v) is 5.41. The van der Waals surface area contributed by atoms with Crippen LogP contribution in [0.15, 0.2) is 60.7 Å². The van der Waals surface area contributed by atoms with Crippen LogP contribution in [0.4, 0.5) is 5.82 Å². The summed E-state index contributed by atoms with van der Waals surface area (Å²) in [6, 6.07) is 23.1. The summed E-state index contributed by atoms with van der Waals surface area (Å²) in [7, 11) is 0. The Labute approximate surface area is 172 Å². The highest BCUT2D eigenvalue weighted by Crippen LogP contribution is 2.35. The quantitative estimate of drug-likeness (QED) is 0.702. The number of anilines is 1. The Morgan fingerprint density at radius 2 is 1.72 bits per heavy atom. The zero-order valence-corrected chi connectivity index (χ0v) is 17.0. The van der Waals surface area contributed by atoms with E-state index >= 15 is 0 Å². The maximum Gasteiger partial charge on any atom is 0.291 e. The van der Waals surface area contributed by atoms with Gasteiger partial charge in [0.2, 0.25) is 0 Å². The number of ether oxygens (including phenoxy) is 1. The molecule has 29 heavy (non-hydrogen) atoms. The van der Waals surface area contributed by atoms with Gasteiger partial charge in [-0.25, -0.2) is 4.98 Å². The van der Waals surface area contributed by atoms with Crippen molar-refractivity contribution in [2.75, 3.05) is 11.9 Å². The number of fused-ring (bicyclic) bond motifs is 1. The van der Waals surface area contributed by atoms with Crippen LogP contribution < -0.4 is 10.3 Å². The highest BCUT2D eigenvalue weighted by Gasteiger charge is 2.34. The molecule has 2 aromatic carbocycles. The summed E-state index contributed by atoms with van der Waals surface area (Å²) in [5, 5.41) is 13.5. The molecule has 0 bridgehead atoms. The lowest BCUT2D eigenvalue weighted by Crippen LogP contribution is -2.35. The molecule has 1 aromatic heterocycles. The van der Waals surface area contributed by atoms with Crippen LogP contribution in [0.1, 0.15) is 36.1 Å². The number of nitrogens with zero attached hydrogens (tertiary/aromatic N) is 1. The Balaban J connectivity index is 1.73. The van der Waals surface area contributed by atoms with E-state index < -0.39 is 0 Å². The molecule has 0 radical (unpaired) electrons. The minimum atomic E-state index is -0.283. The third kappa shape index (κ3) is 4.16. The van der Waals surface area contributed by atoms with Gasteiger partial charge in [-0.15, -0.1) is 0 Å². The number of benzene rings is 2. The van der Waals surface area contributed by atoms with E-state index in [9.17, 15) is 5.26 Å². The van der Waals surface area contributed by atoms with Crippen molar-refractivity contribution in [3.05, 3.63) is 82.9 Å². The topological polar surface area (TPSA) is 59.2 Å². The first-order valence-electron chi connectivity index (χ1n) is 10.1. The molecule has 0 saturated heterocycles. The van der Waals surface area contributed by atoms with Crippen molar-refractivity contribution in [2.45, 2.75) is 38.9 Å². The molecule has 146 valence electrons. The largest absolute Gasteiger partial charge is 0.370 e. The van der Waals surface area contributed by atoms with Gasteiger partial charge in [-0.3, -0.25) is 5.32 Å². The van der Waals surface area contributed by atoms with E-state index in [2.05, 4.69) is 66.6 Å². The van der Waals surface area contributed by atoms with Gasteiger partial charge in [0.15, 0.2) is 0 Å². The Morgan fingerprint density at radius 1 is 1.03 bits per heavy atom. The molecule has 2 heterocycles. The van der Waals surface area contributed by atoms with Gasteiger partial charge in [-0.05, 0) is 25.0 Å². The van der Waals surface area contributed by atoms with E-state index in [0.717, 1.165) is 41.2 Å². The van der Waals surface area contributed by atoms with E-state index in [1.54, 1.807) is 0 Å². The smallest absolute Gasteiger partial charge is 0.291 e. The number of aromatic nitrogens is 1. The third-order valence-electron chi connectivity index (χ3n) is 5.41. The molecule has 3 aromatic rings. The van der Waals surface area contributed by atoms with Crippen molar-refractivity contribution in [3.8, 4) is 17.3 Å². The average molecular weight is 385 g/mol. The van der Waals surface area contributed by atoms with Crippen molar-refractivity contribution in [3.63, 3.8) is 0 Å². The number of aromatic amines is 1. The number of nitriles is 1. The molecular formula is C25H26N3O+. The lowest BCUT2D eigenvalue weighted by Gasteiger charge is -2.32. The number of hydrogen-bond donors (Lipinski definition) is 1. The molecule has 1 aliphatic heterocycles. The summed E-state index contributed by atoms with van der Waals surface area (Å²) in [6.07, 6.45) is 1.61. The number of rotatable bonds is 5. The molecule has 0 aliphatic carbocycles. The van der Waals surface area contributed by atoms with Crippen LogP contribution in [0.25, 0.3) is 11.3 Å². The van der Waals surface area contributed by atoms with Crippen molar-refractivity contribution < 1.29 is 9.72 Å². The fraction of sp³-hybridized carbons (Fsp3) is 0.280. The Hall–Kier alpha value is -3.16.